The lowest BCUT2D eigenvalue weighted by Gasteiger charge is -2.13. The van der Waals surface area contributed by atoms with Crippen molar-refractivity contribution in [3.8, 4) is 0 Å². The molecule has 0 aromatic carbocycles. The highest BCUT2D eigenvalue weighted by Crippen LogP contribution is 2.12. The van der Waals surface area contributed by atoms with Crippen LogP contribution < -0.4 is 5.32 Å². The van der Waals surface area contributed by atoms with E-state index in [0.717, 1.165) is 0 Å². The number of carbonyl (C=O) groups excluding carboxylic acids is 1. The lowest BCUT2D eigenvalue weighted by atomic mass is 10.1. The highest BCUT2D eigenvalue weighted by atomic mass is 16.5. The maximum atomic E-state index is 11.9. The lowest BCUT2D eigenvalue weighted by Crippen LogP contribution is -2.40. The van der Waals surface area contributed by atoms with Gasteiger partial charge in [0.25, 0.3) is 5.91 Å². The van der Waals surface area contributed by atoms with Crippen LogP contribution in [0.5, 0.6) is 0 Å². The van der Waals surface area contributed by atoms with Crippen LogP contribution in [0.4, 0.5) is 0 Å². The van der Waals surface area contributed by atoms with Gasteiger partial charge in [-0.05, 0) is 20.3 Å². The van der Waals surface area contributed by atoms with Crippen LogP contribution in [0.3, 0.4) is 0 Å². The molecule has 0 saturated carbocycles. The number of aryl methyl sites for hydroxylation is 2. The number of aliphatic carboxylic acids is 1. The largest absolute Gasteiger partial charge is 0.480 e. The molecule has 17 heavy (non-hydrogen) atoms. The second kappa shape index (κ2) is 5.47. The van der Waals surface area contributed by atoms with Gasteiger partial charge in [0.1, 0.15) is 17.4 Å². The van der Waals surface area contributed by atoms with Crippen molar-refractivity contribution < 1.29 is 19.2 Å². The number of carboxylic acid groups (broad SMARTS) is 1. The van der Waals surface area contributed by atoms with Gasteiger partial charge in [-0.15, -0.1) is 0 Å². The van der Waals surface area contributed by atoms with E-state index in [0.29, 0.717) is 29.9 Å². The minimum atomic E-state index is -1.04. The first kappa shape index (κ1) is 13.2. The molecule has 6 nitrogen and oxygen atoms in total. The van der Waals surface area contributed by atoms with Crippen molar-refractivity contribution >= 4 is 11.9 Å². The van der Waals surface area contributed by atoms with Crippen LogP contribution >= 0.6 is 0 Å². The quantitative estimate of drug-likeness (QED) is 0.808. The minimum Gasteiger partial charge on any atom is -0.480 e. The van der Waals surface area contributed by atoms with Gasteiger partial charge in [0.05, 0.1) is 5.69 Å². The number of rotatable bonds is 5. The summed E-state index contributed by atoms with van der Waals surface area (Å²) in [6.45, 7) is 5.11. The Labute approximate surface area is 99.0 Å². The van der Waals surface area contributed by atoms with Crippen LogP contribution in [0.25, 0.3) is 0 Å². The molecule has 1 heterocycles. The molecule has 0 fully saturated rings. The number of hydrogen-bond acceptors (Lipinski definition) is 4. The average molecular weight is 240 g/mol. The molecule has 0 unspecified atom stereocenters. The Bertz CT molecular complexity index is 406. The molecule has 0 aliphatic heterocycles. The standard InChI is InChI=1S/C11H16N2O4/c1-4-5-8(11(15)16)12-10(14)9-6(2)13-17-7(9)3/h8H,4-5H2,1-3H3,(H,12,14)(H,15,16)/t8-/m1/s1. The number of aromatic nitrogens is 1. The van der Waals surface area contributed by atoms with Gasteiger partial charge in [-0.3, -0.25) is 4.79 Å². The van der Waals surface area contributed by atoms with Crippen molar-refractivity contribution in [2.75, 3.05) is 0 Å². The van der Waals surface area contributed by atoms with Crippen LogP contribution in [-0.4, -0.2) is 28.2 Å². The van der Waals surface area contributed by atoms with Gasteiger partial charge in [0, 0.05) is 0 Å². The van der Waals surface area contributed by atoms with E-state index in [2.05, 4.69) is 10.5 Å². The number of carbonyl (C=O) groups is 2. The zero-order valence-electron chi connectivity index (χ0n) is 10.1. The monoisotopic (exact) mass is 240 g/mol. The second-order valence-corrected chi connectivity index (χ2v) is 3.85. The Morgan fingerprint density at radius 3 is 2.53 bits per heavy atom. The van der Waals surface area contributed by atoms with Gasteiger partial charge in [-0.2, -0.15) is 0 Å². The summed E-state index contributed by atoms with van der Waals surface area (Å²) in [5.74, 6) is -1.10. The SMILES string of the molecule is CCC[C@@H](NC(=O)c1c(C)noc1C)C(=O)O. The molecule has 0 bridgehead atoms. The normalized spacial score (nSPS) is 12.2. The molecular formula is C11H16N2O4. The van der Waals surface area contributed by atoms with Gasteiger partial charge >= 0.3 is 5.97 Å². The molecule has 1 rings (SSSR count). The van der Waals surface area contributed by atoms with E-state index in [1.165, 1.54) is 0 Å². The zero-order valence-corrected chi connectivity index (χ0v) is 10.1. The Kier molecular flexibility index (Phi) is 4.25. The van der Waals surface area contributed by atoms with Crippen molar-refractivity contribution in [3.63, 3.8) is 0 Å². The van der Waals surface area contributed by atoms with Crippen LogP contribution in [0.1, 0.15) is 41.6 Å². The number of hydrogen-bond donors (Lipinski definition) is 2. The summed E-state index contributed by atoms with van der Waals surface area (Å²) in [4.78, 5) is 22.8. The van der Waals surface area contributed by atoms with Crippen LogP contribution in [-0.2, 0) is 4.79 Å². The average Bonchev–Trinajstić information content (AvgIpc) is 2.57. The molecule has 0 aliphatic carbocycles. The number of amides is 1. The van der Waals surface area contributed by atoms with E-state index in [4.69, 9.17) is 9.63 Å². The molecule has 1 aromatic heterocycles. The van der Waals surface area contributed by atoms with Crippen molar-refractivity contribution in [1.82, 2.24) is 10.5 Å². The molecule has 0 aliphatic rings. The van der Waals surface area contributed by atoms with E-state index in [1.807, 2.05) is 6.92 Å². The van der Waals surface area contributed by atoms with E-state index >= 15 is 0 Å². The van der Waals surface area contributed by atoms with Crippen molar-refractivity contribution in [2.24, 2.45) is 0 Å². The number of nitrogens with zero attached hydrogens (tertiary/aromatic N) is 1. The van der Waals surface area contributed by atoms with Crippen molar-refractivity contribution in [2.45, 2.75) is 39.7 Å². The van der Waals surface area contributed by atoms with Crippen LogP contribution in [0.15, 0.2) is 4.52 Å². The summed E-state index contributed by atoms with van der Waals surface area (Å²) < 4.78 is 4.86. The fourth-order valence-corrected chi connectivity index (χ4v) is 1.58. The molecule has 0 saturated heterocycles. The first-order valence-electron chi connectivity index (χ1n) is 5.43. The zero-order chi connectivity index (χ0) is 13.0. The molecule has 2 N–H and O–H groups in total. The number of carboxylic acids is 1. The second-order valence-electron chi connectivity index (χ2n) is 3.85. The molecule has 1 amide bonds. The van der Waals surface area contributed by atoms with Crippen LogP contribution in [0.2, 0.25) is 0 Å². The highest BCUT2D eigenvalue weighted by molar-refractivity contribution is 5.98. The summed E-state index contributed by atoms with van der Waals surface area (Å²) in [7, 11) is 0. The van der Waals surface area contributed by atoms with Gasteiger partial charge in [0.15, 0.2) is 0 Å². The predicted molar refractivity (Wildman–Crippen MR) is 59.8 cm³/mol. The topological polar surface area (TPSA) is 92.4 Å². The van der Waals surface area contributed by atoms with E-state index in [9.17, 15) is 9.59 Å². The Hall–Kier alpha value is -1.85. The Morgan fingerprint density at radius 2 is 2.12 bits per heavy atom. The highest BCUT2D eigenvalue weighted by Gasteiger charge is 2.23. The first-order chi connectivity index (χ1) is 7.97. The van der Waals surface area contributed by atoms with Gasteiger partial charge in [0.2, 0.25) is 0 Å². The summed E-state index contributed by atoms with van der Waals surface area (Å²) in [6, 6.07) is -0.874. The fraction of sp³-hybridized carbons (Fsp3) is 0.545. The number of nitrogens with one attached hydrogen (secondary N) is 1. The molecule has 1 aromatic rings. The molecule has 0 radical (unpaired) electrons. The van der Waals surface area contributed by atoms with Crippen molar-refractivity contribution in [3.05, 3.63) is 17.0 Å². The summed E-state index contributed by atoms with van der Waals surface area (Å²) in [6.07, 6.45) is 1.07. The molecule has 6 heteroatoms. The first-order valence-corrected chi connectivity index (χ1v) is 5.43. The maximum Gasteiger partial charge on any atom is 0.326 e. The Morgan fingerprint density at radius 1 is 1.47 bits per heavy atom. The third kappa shape index (κ3) is 3.05. The maximum absolute atomic E-state index is 11.9. The fourth-order valence-electron chi connectivity index (χ4n) is 1.58. The Balaban J connectivity index is 2.81. The molecule has 0 spiro atoms. The smallest absolute Gasteiger partial charge is 0.326 e. The van der Waals surface area contributed by atoms with Gasteiger partial charge < -0.3 is 14.9 Å². The summed E-state index contributed by atoms with van der Waals surface area (Å²) in [5.41, 5.74) is 0.771. The van der Waals surface area contributed by atoms with Crippen LogP contribution in [0, 0.1) is 13.8 Å². The summed E-state index contributed by atoms with van der Waals surface area (Å²) in [5, 5.41) is 15.1. The van der Waals surface area contributed by atoms with E-state index in [1.54, 1.807) is 13.8 Å². The predicted octanol–water partition coefficient (Wildman–Crippen LogP) is 1.27. The van der Waals surface area contributed by atoms with Gasteiger partial charge in [-0.25, -0.2) is 4.79 Å². The van der Waals surface area contributed by atoms with Crippen molar-refractivity contribution in [1.29, 1.82) is 0 Å². The van der Waals surface area contributed by atoms with Gasteiger partial charge in [-0.1, -0.05) is 18.5 Å². The summed E-state index contributed by atoms with van der Waals surface area (Å²) >= 11 is 0. The molecular weight excluding hydrogens is 224 g/mol. The third-order valence-corrected chi connectivity index (χ3v) is 2.44. The van der Waals surface area contributed by atoms with E-state index in [-0.39, 0.29) is 0 Å². The minimum absolute atomic E-state index is 0.312. The lowest BCUT2D eigenvalue weighted by molar-refractivity contribution is -0.139. The molecule has 94 valence electrons. The molecule has 1 atom stereocenters. The third-order valence-electron chi connectivity index (χ3n) is 2.44. The van der Waals surface area contributed by atoms with E-state index < -0.39 is 17.9 Å².